The summed E-state index contributed by atoms with van der Waals surface area (Å²) in [6.45, 7) is 5.66. The summed E-state index contributed by atoms with van der Waals surface area (Å²) < 4.78 is 26.7. The Morgan fingerprint density at radius 1 is 1.33 bits per heavy atom. The van der Waals surface area contributed by atoms with Crippen LogP contribution in [0.1, 0.15) is 35.7 Å². The second-order valence-electron chi connectivity index (χ2n) is 5.88. The predicted octanol–water partition coefficient (Wildman–Crippen LogP) is 1.54. The van der Waals surface area contributed by atoms with Gasteiger partial charge in [-0.2, -0.15) is 0 Å². The predicted molar refractivity (Wildman–Crippen MR) is 97.3 cm³/mol. The van der Waals surface area contributed by atoms with E-state index in [4.69, 9.17) is 0 Å². The molecule has 24 heavy (non-hydrogen) atoms. The number of carbonyl (C=O) groups is 1. The largest absolute Gasteiger partial charge is 0.339 e. The van der Waals surface area contributed by atoms with E-state index in [0.717, 1.165) is 31.5 Å². The van der Waals surface area contributed by atoms with Gasteiger partial charge in [-0.05, 0) is 50.6 Å². The Morgan fingerprint density at radius 2 is 1.96 bits per heavy atom. The third-order valence-electron chi connectivity index (χ3n) is 4.26. The molecule has 8 heteroatoms. The average Bonchev–Trinajstić information content (AvgIpc) is 2.54. The minimum atomic E-state index is -3.56. The van der Waals surface area contributed by atoms with Gasteiger partial charge in [0.1, 0.15) is 0 Å². The van der Waals surface area contributed by atoms with Gasteiger partial charge < -0.3 is 10.2 Å². The first kappa shape index (κ1) is 20.9. The Balaban J connectivity index is 0.00000288. The van der Waals surface area contributed by atoms with Crippen molar-refractivity contribution in [3.8, 4) is 0 Å². The highest BCUT2D eigenvalue weighted by Gasteiger charge is 2.25. The number of carbonyl (C=O) groups excluding carboxylic acids is 1. The lowest BCUT2D eigenvalue weighted by molar-refractivity contribution is 0.0702. The fraction of sp³-hybridized carbons (Fsp3) is 0.562. The molecule has 1 saturated heterocycles. The number of hydrogen-bond acceptors (Lipinski definition) is 4. The molecule has 0 bridgehead atoms. The van der Waals surface area contributed by atoms with E-state index in [1.54, 1.807) is 24.9 Å². The smallest absolute Gasteiger partial charge is 0.254 e. The summed E-state index contributed by atoms with van der Waals surface area (Å²) in [5, 5.41) is 3.28. The van der Waals surface area contributed by atoms with Crippen LogP contribution in [0.4, 0.5) is 0 Å². The van der Waals surface area contributed by atoms with Crippen molar-refractivity contribution in [2.24, 2.45) is 0 Å². The van der Waals surface area contributed by atoms with Gasteiger partial charge in [0.25, 0.3) is 5.91 Å². The molecule has 0 aliphatic carbocycles. The highest BCUT2D eigenvalue weighted by Crippen LogP contribution is 2.20. The van der Waals surface area contributed by atoms with Gasteiger partial charge in [0, 0.05) is 25.2 Å². The molecule has 0 spiro atoms. The normalized spacial score (nSPS) is 15.6. The van der Waals surface area contributed by atoms with Gasteiger partial charge in [-0.1, -0.05) is 13.0 Å². The van der Waals surface area contributed by atoms with Gasteiger partial charge in [0.05, 0.1) is 4.90 Å². The van der Waals surface area contributed by atoms with Crippen molar-refractivity contribution >= 4 is 28.3 Å². The number of nitrogens with zero attached hydrogens (tertiary/aromatic N) is 1. The first-order chi connectivity index (χ1) is 10.9. The fourth-order valence-corrected chi connectivity index (χ4v) is 3.89. The monoisotopic (exact) mass is 375 g/mol. The molecule has 2 N–H and O–H groups in total. The van der Waals surface area contributed by atoms with E-state index in [1.165, 1.54) is 12.1 Å². The van der Waals surface area contributed by atoms with E-state index in [1.807, 2.05) is 6.92 Å². The lowest BCUT2D eigenvalue weighted by Crippen LogP contribution is -2.44. The zero-order chi connectivity index (χ0) is 17.0. The number of piperidine rings is 1. The summed E-state index contributed by atoms with van der Waals surface area (Å²) >= 11 is 0. The van der Waals surface area contributed by atoms with Crippen molar-refractivity contribution in [1.82, 2.24) is 14.9 Å². The van der Waals surface area contributed by atoms with Crippen LogP contribution in [0, 0.1) is 6.92 Å². The number of rotatable bonds is 5. The zero-order valence-corrected chi connectivity index (χ0v) is 16.0. The van der Waals surface area contributed by atoms with E-state index in [2.05, 4.69) is 10.0 Å². The molecule has 0 saturated carbocycles. The van der Waals surface area contributed by atoms with Crippen LogP contribution < -0.4 is 10.0 Å². The SMILES string of the molecule is CCNS(=O)(=O)c1ccc(C)c(C(=O)N(C)C2CCNCC2)c1.Cl. The summed E-state index contributed by atoms with van der Waals surface area (Å²) in [7, 11) is -1.77. The molecule has 2 rings (SSSR count). The van der Waals surface area contributed by atoms with Gasteiger partial charge in [0.15, 0.2) is 0 Å². The molecule has 1 aliphatic heterocycles. The maximum atomic E-state index is 12.8. The molecular weight excluding hydrogens is 350 g/mol. The molecule has 1 heterocycles. The fourth-order valence-electron chi connectivity index (χ4n) is 2.82. The van der Waals surface area contributed by atoms with Crippen molar-refractivity contribution in [3.05, 3.63) is 29.3 Å². The molecule has 1 fully saturated rings. The molecule has 0 atom stereocenters. The maximum Gasteiger partial charge on any atom is 0.254 e. The van der Waals surface area contributed by atoms with Crippen LogP contribution in [0.5, 0.6) is 0 Å². The van der Waals surface area contributed by atoms with E-state index < -0.39 is 10.0 Å². The van der Waals surface area contributed by atoms with Crippen LogP contribution in [0.3, 0.4) is 0 Å². The van der Waals surface area contributed by atoms with Crippen molar-refractivity contribution in [2.75, 3.05) is 26.7 Å². The molecule has 1 aromatic carbocycles. The minimum absolute atomic E-state index is 0. The molecule has 0 unspecified atom stereocenters. The third-order valence-corrected chi connectivity index (χ3v) is 5.80. The van der Waals surface area contributed by atoms with Gasteiger partial charge in [-0.15, -0.1) is 12.4 Å². The summed E-state index contributed by atoms with van der Waals surface area (Å²) in [5.74, 6) is -0.122. The zero-order valence-electron chi connectivity index (χ0n) is 14.3. The van der Waals surface area contributed by atoms with Gasteiger partial charge in [-0.25, -0.2) is 13.1 Å². The molecule has 1 aromatic rings. The maximum absolute atomic E-state index is 12.8. The lowest BCUT2D eigenvalue weighted by atomic mass is 10.0. The number of amides is 1. The van der Waals surface area contributed by atoms with Crippen molar-refractivity contribution in [3.63, 3.8) is 0 Å². The number of benzene rings is 1. The van der Waals surface area contributed by atoms with Crippen LogP contribution in [-0.2, 0) is 10.0 Å². The number of nitrogens with one attached hydrogen (secondary N) is 2. The Morgan fingerprint density at radius 3 is 2.54 bits per heavy atom. The van der Waals surface area contributed by atoms with Gasteiger partial charge in [0.2, 0.25) is 10.0 Å². The van der Waals surface area contributed by atoms with E-state index in [-0.39, 0.29) is 29.3 Å². The summed E-state index contributed by atoms with van der Waals surface area (Å²) in [5.41, 5.74) is 1.23. The van der Waals surface area contributed by atoms with Crippen LogP contribution in [-0.4, -0.2) is 51.9 Å². The number of aryl methyl sites for hydroxylation is 1. The quantitative estimate of drug-likeness (QED) is 0.818. The van der Waals surface area contributed by atoms with Crippen molar-refractivity contribution in [1.29, 1.82) is 0 Å². The second kappa shape index (κ2) is 8.80. The Bertz CT molecular complexity index is 673. The molecule has 0 aromatic heterocycles. The van der Waals surface area contributed by atoms with E-state index in [9.17, 15) is 13.2 Å². The van der Waals surface area contributed by atoms with Gasteiger partial charge in [-0.3, -0.25) is 4.79 Å². The topological polar surface area (TPSA) is 78.5 Å². The number of sulfonamides is 1. The highest BCUT2D eigenvalue weighted by molar-refractivity contribution is 7.89. The van der Waals surface area contributed by atoms with Crippen LogP contribution >= 0.6 is 12.4 Å². The van der Waals surface area contributed by atoms with Crippen molar-refractivity contribution < 1.29 is 13.2 Å². The molecule has 1 aliphatic rings. The first-order valence-electron chi connectivity index (χ1n) is 7.95. The average molecular weight is 376 g/mol. The number of hydrogen-bond donors (Lipinski definition) is 2. The minimum Gasteiger partial charge on any atom is -0.339 e. The Hall–Kier alpha value is -1.15. The molecule has 6 nitrogen and oxygen atoms in total. The second-order valence-corrected chi connectivity index (χ2v) is 7.64. The van der Waals surface area contributed by atoms with Gasteiger partial charge >= 0.3 is 0 Å². The summed E-state index contributed by atoms with van der Waals surface area (Å²) in [6, 6.07) is 4.90. The Kier molecular flexibility index (Phi) is 7.66. The lowest BCUT2D eigenvalue weighted by Gasteiger charge is -2.32. The standard InChI is InChI=1S/C16H25N3O3S.ClH/c1-4-18-23(21,22)14-6-5-12(2)15(11-14)16(20)19(3)13-7-9-17-10-8-13;/h5-6,11,13,17-18H,4,7-10H2,1-3H3;1H. The third kappa shape index (κ3) is 4.69. The van der Waals surface area contributed by atoms with E-state index >= 15 is 0 Å². The Labute approximate surface area is 150 Å². The summed E-state index contributed by atoms with van der Waals surface area (Å²) in [4.78, 5) is 14.7. The van der Waals surface area contributed by atoms with Crippen LogP contribution in [0.25, 0.3) is 0 Å². The first-order valence-corrected chi connectivity index (χ1v) is 9.43. The highest BCUT2D eigenvalue weighted by atomic mass is 35.5. The molecule has 136 valence electrons. The number of halogens is 1. The van der Waals surface area contributed by atoms with Crippen LogP contribution in [0.2, 0.25) is 0 Å². The summed E-state index contributed by atoms with van der Waals surface area (Å²) in [6.07, 6.45) is 1.83. The molecule has 1 amide bonds. The van der Waals surface area contributed by atoms with Crippen LogP contribution in [0.15, 0.2) is 23.1 Å². The van der Waals surface area contributed by atoms with Crippen molar-refractivity contribution in [2.45, 2.75) is 37.6 Å². The van der Waals surface area contributed by atoms with E-state index in [0.29, 0.717) is 12.1 Å². The molecular formula is C16H26ClN3O3S. The molecule has 0 radical (unpaired) electrons.